The number of nitrogens with zero attached hydrogens (tertiary/aromatic N) is 1. The molecule has 2 aliphatic heterocycles. The average Bonchev–Trinajstić information content (AvgIpc) is 2.39. The summed E-state index contributed by atoms with van der Waals surface area (Å²) >= 11 is 0. The van der Waals surface area contributed by atoms with E-state index >= 15 is 0 Å². The fraction of sp³-hybridized carbons (Fsp3) is 0.462. The number of nitro benzene ring substituents is 1. The highest BCUT2D eigenvalue weighted by Gasteiger charge is 2.42. The Labute approximate surface area is 109 Å². The molecule has 0 aliphatic carbocycles. The van der Waals surface area contributed by atoms with Crippen molar-refractivity contribution in [3.63, 3.8) is 0 Å². The van der Waals surface area contributed by atoms with Gasteiger partial charge in [0.15, 0.2) is 5.78 Å². The topological polar surface area (TPSA) is 78.7 Å². The molecule has 0 aromatic heterocycles. The van der Waals surface area contributed by atoms with Gasteiger partial charge >= 0.3 is 0 Å². The van der Waals surface area contributed by atoms with E-state index in [1.165, 1.54) is 18.2 Å². The van der Waals surface area contributed by atoms with Crippen molar-refractivity contribution in [2.45, 2.75) is 24.9 Å². The van der Waals surface area contributed by atoms with E-state index in [1.54, 1.807) is 0 Å². The summed E-state index contributed by atoms with van der Waals surface area (Å²) in [7, 11) is 0. The molecule has 1 aromatic carbocycles. The molecule has 6 nitrogen and oxygen atoms in total. The lowest BCUT2D eigenvalue weighted by atomic mass is 9.84. The van der Waals surface area contributed by atoms with Crippen molar-refractivity contribution in [1.82, 2.24) is 0 Å². The van der Waals surface area contributed by atoms with Gasteiger partial charge in [-0.2, -0.15) is 0 Å². The predicted molar refractivity (Wildman–Crippen MR) is 65.5 cm³/mol. The van der Waals surface area contributed by atoms with Gasteiger partial charge in [-0.05, 0) is 6.07 Å². The molecular formula is C13H13NO5. The van der Waals surface area contributed by atoms with E-state index < -0.39 is 10.5 Å². The molecular weight excluding hydrogens is 250 g/mol. The molecule has 2 heterocycles. The van der Waals surface area contributed by atoms with E-state index in [2.05, 4.69) is 0 Å². The van der Waals surface area contributed by atoms with Crippen molar-refractivity contribution in [1.29, 1.82) is 0 Å². The van der Waals surface area contributed by atoms with Crippen LogP contribution in [0.5, 0.6) is 5.75 Å². The van der Waals surface area contributed by atoms with Crippen molar-refractivity contribution in [2.24, 2.45) is 0 Å². The lowest BCUT2D eigenvalue weighted by molar-refractivity contribution is -0.384. The number of benzene rings is 1. The lowest BCUT2D eigenvalue weighted by Gasteiger charge is -2.40. The molecule has 0 N–H and O–H groups in total. The number of non-ortho nitro benzene ring substituents is 1. The van der Waals surface area contributed by atoms with Crippen LogP contribution in [0.25, 0.3) is 0 Å². The molecule has 2 aliphatic rings. The van der Waals surface area contributed by atoms with Gasteiger partial charge in [-0.25, -0.2) is 0 Å². The van der Waals surface area contributed by atoms with Crippen LogP contribution in [0.2, 0.25) is 0 Å². The van der Waals surface area contributed by atoms with Gasteiger partial charge in [0.1, 0.15) is 11.4 Å². The number of hydrogen-bond acceptors (Lipinski definition) is 5. The molecule has 0 unspecified atom stereocenters. The molecule has 3 rings (SSSR count). The largest absolute Gasteiger partial charge is 0.486 e. The third-order valence-corrected chi connectivity index (χ3v) is 3.69. The molecule has 0 amide bonds. The summed E-state index contributed by atoms with van der Waals surface area (Å²) in [6, 6.07) is 4.18. The van der Waals surface area contributed by atoms with Crippen LogP contribution in [0.4, 0.5) is 5.69 Å². The van der Waals surface area contributed by atoms with Gasteiger partial charge in [0, 0.05) is 25.0 Å². The first kappa shape index (κ1) is 12.1. The molecule has 100 valence electrons. The Morgan fingerprint density at radius 3 is 2.68 bits per heavy atom. The van der Waals surface area contributed by atoms with Gasteiger partial charge in [-0.1, -0.05) is 0 Å². The Balaban J connectivity index is 1.97. The first-order valence-electron chi connectivity index (χ1n) is 6.18. The molecule has 1 spiro atoms. The van der Waals surface area contributed by atoms with Crippen LogP contribution in [0.1, 0.15) is 29.6 Å². The summed E-state index contributed by atoms with van der Waals surface area (Å²) in [6.07, 6.45) is 1.62. The van der Waals surface area contributed by atoms with Crippen molar-refractivity contribution >= 4 is 11.5 Å². The number of ether oxygens (including phenoxy) is 2. The second-order valence-electron chi connectivity index (χ2n) is 4.93. The van der Waals surface area contributed by atoms with Gasteiger partial charge in [-0.3, -0.25) is 14.9 Å². The summed E-state index contributed by atoms with van der Waals surface area (Å²) in [5, 5.41) is 10.7. The highest BCUT2D eigenvalue weighted by molar-refractivity contribution is 6.01. The maximum absolute atomic E-state index is 12.2. The van der Waals surface area contributed by atoms with E-state index in [-0.39, 0.29) is 17.9 Å². The van der Waals surface area contributed by atoms with Gasteiger partial charge in [0.25, 0.3) is 5.69 Å². The minimum absolute atomic E-state index is 0.0846. The van der Waals surface area contributed by atoms with E-state index in [0.29, 0.717) is 37.4 Å². The minimum Gasteiger partial charge on any atom is -0.486 e. The summed E-state index contributed by atoms with van der Waals surface area (Å²) in [6.45, 7) is 1.16. The zero-order valence-electron chi connectivity index (χ0n) is 10.3. The van der Waals surface area contributed by atoms with Gasteiger partial charge < -0.3 is 9.47 Å². The number of carbonyl (C=O) groups excluding carboxylic acids is 1. The smallest absolute Gasteiger partial charge is 0.270 e. The third kappa shape index (κ3) is 2.08. The standard InChI is InChI=1S/C13H13NO5/c15-11-8-13(3-5-18-6-4-13)19-12-2-1-9(14(16)17)7-10(11)12/h1-2,7H,3-6,8H2. The molecule has 0 radical (unpaired) electrons. The molecule has 1 saturated heterocycles. The molecule has 0 bridgehead atoms. The monoisotopic (exact) mass is 263 g/mol. The van der Waals surface area contributed by atoms with Crippen LogP contribution in [0.15, 0.2) is 18.2 Å². The maximum Gasteiger partial charge on any atom is 0.270 e. The van der Waals surface area contributed by atoms with Crippen LogP contribution in [-0.2, 0) is 4.74 Å². The van der Waals surface area contributed by atoms with Crippen molar-refractivity contribution in [3.05, 3.63) is 33.9 Å². The summed E-state index contributed by atoms with van der Waals surface area (Å²) < 4.78 is 11.2. The number of Topliss-reactive ketones (excluding diaryl/α,β-unsaturated/α-hetero) is 1. The zero-order valence-corrected chi connectivity index (χ0v) is 10.3. The quantitative estimate of drug-likeness (QED) is 0.572. The fourth-order valence-electron chi connectivity index (χ4n) is 2.62. The van der Waals surface area contributed by atoms with Gasteiger partial charge in [0.2, 0.25) is 0 Å². The number of nitro groups is 1. The van der Waals surface area contributed by atoms with Crippen LogP contribution in [0.3, 0.4) is 0 Å². The molecule has 0 atom stereocenters. The second-order valence-corrected chi connectivity index (χ2v) is 4.93. The van der Waals surface area contributed by atoms with Crippen LogP contribution < -0.4 is 4.74 Å². The van der Waals surface area contributed by atoms with E-state index in [1.807, 2.05) is 0 Å². The van der Waals surface area contributed by atoms with E-state index in [4.69, 9.17) is 9.47 Å². The highest BCUT2D eigenvalue weighted by atomic mass is 16.6. The summed E-state index contributed by atoms with van der Waals surface area (Å²) in [4.78, 5) is 22.4. The Morgan fingerprint density at radius 1 is 1.26 bits per heavy atom. The normalized spacial score (nSPS) is 20.7. The molecule has 1 fully saturated rings. The minimum atomic E-state index is -0.508. The first-order valence-corrected chi connectivity index (χ1v) is 6.18. The first-order chi connectivity index (χ1) is 9.10. The van der Waals surface area contributed by atoms with E-state index in [9.17, 15) is 14.9 Å². The third-order valence-electron chi connectivity index (χ3n) is 3.69. The molecule has 0 saturated carbocycles. The molecule has 6 heteroatoms. The number of carbonyl (C=O) groups is 1. The summed E-state index contributed by atoms with van der Waals surface area (Å²) in [5.74, 6) is 0.357. The lowest BCUT2D eigenvalue weighted by Crippen LogP contribution is -2.46. The van der Waals surface area contributed by atoms with Gasteiger partial charge in [0.05, 0.1) is 30.1 Å². The van der Waals surface area contributed by atoms with Crippen molar-refractivity contribution < 1.29 is 19.2 Å². The van der Waals surface area contributed by atoms with Crippen LogP contribution >= 0.6 is 0 Å². The van der Waals surface area contributed by atoms with Crippen LogP contribution in [0, 0.1) is 10.1 Å². The predicted octanol–water partition coefficient (Wildman–Crippen LogP) is 2.11. The number of fused-ring (bicyclic) bond motifs is 1. The molecule has 1 aromatic rings. The van der Waals surface area contributed by atoms with Crippen molar-refractivity contribution in [2.75, 3.05) is 13.2 Å². The second kappa shape index (κ2) is 4.31. The fourth-order valence-corrected chi connectivity index (χ4v) is 2.62. The number of hydrogen-bond donors (Lipinski definition) is 0. The average molecular weight is 263 g/mol. The Kier molecular flexibility index (Phi) is 2.74. The Morgan fingerprint density at radius 2 is 2.00 bits per heavy atom. The Hall–Kier alpha value is -1.95. The molecule has 19 heavy (non-hydrogen) atoms. The van der Waals surface area contributed by atoms with E-state index in [0.717, 1.165) is 0 Å². The Bertz CT molecular complexity index is 548. The SMILES string of the molecule is O=C1CC2(CCOCC2)Oc2ccc([N+](=O)[O-])cc21. The highest BCUT2D eigenvalue weighted by Crippen LogP contribution is 2.39. The van der Waals surface area contributed by atoms with Crippen molar-refractivity contribution in [3.8, 4) is 5.75 Å². The zero-order chi connectivity index (χ0) is 13.5. The number of rotatable bonds is 1. The summed E-state index contributed by atoms with van der Waals surface area (Å²) in [5.41, 5.74) is -0.261. The maximum atomic E-state index is 12.2. The van der Waals surface area contributed by atoms with Gasteiger partial charge in [-0.15, -0.1) is 0 Å². The number of ketones is 1. The van der Waals surface area contributed by atoms with Crippen LogP contribution in [-0.4, -0.2) is 29.5 Å².